The number of hydrogen-bond acceptors (Lipinski definition) is 5. The largest absolute Gasteiger partial charge is 0.322 e. The van der Waals surface area contributed by atoms with Gasteiger partial charge in [-0.25, -0.2) is 21.8 Å². The summed E-state index contributed by atoms with van der Waals surface area (Å²) in [5.74, 6) is -1.76. The minimum absolute atomic E-state index is 0.0549. The van der Waals surface area contributed by atoms with Crippen molar-refractivity contribution < 1.29 is 22.4 Å². The van der Waals surface area contributed by atoms with E-state index in [1.54, 1.807) is 12.3 Å². The normalized spacial score (nSPS) is 17.1. The lowest BCUT2D eigenvalue weighted by Gasteiger charge is -2.13. The van der Waals surface area contributed by atoms with E-state index in [1.807, 2.05) is 0 Å². The van der Waals surface area contributed by atoms with Crippen LogP contribution in [0.25, 0.3) is 5.69 Å². The van der Waals surface area contributed by atoms with Crippen molar-refractivity contribution in [3.8, 4) is 5.69 Å². The highest BCUT2D eigenvalue weighted by Gasteiger charge is 2.48. The van der Waals surface area contributed by atoms with Crippen LogP contribution in [0.2, 0.25) is 0 Å². The molecule has 1 N–H and O–H groups in total. The first-order chi connectivity index (χ1) is 14.4. The monoisotopic (exact) mass is 426 g/mol. The second-order valence-electron chi connectivity index (χ2n) is 7.12. The number of aromatic nitrogens is 2. The molecule has 1 saturated carbocycles. The highest BCUT2D eigenvalue weighted by Crippen LogP contribution is 2.39. The van der Waals surface area contributed by atoms with Crippen molar-refractivity contribution in [2.24, 2.45) is 0 Å². The van der Waals surface area contributed by atoms with E-state index in [-0.39, 0.29) is 33.4 Å². The number of sulfonamides is 1. The maximum absolute atomic E-state index is 14.4. The van der Waals surface area contributed by atoms with Gasteiger partial charge >= 0.3 is 0 Å². The van der Waals surface area contributed by atoms with E-state index in [2.05, 4.69) is 10.4 Å². The van der Waals surface area contributed by atoms with Gasteiger partial charge in [-0.05, 0) is 55.3 Å². The number of rotatable bonds is 4. The number of amides is 2. The van der Waals surface area contributed by atoms with E-state index in [4.69, 9.17) is 0 Å². The average molecular weight is 426 g/mol. The second-order valence-corrected chi connectivity index (χ2v) is 8.90. The Hall–Kier alpha value is -3.53. The van der Waals surface area contributed by atoms with Crippen molar-refractivity contribution in [1.82, 2.24) is 14.1 Å². The maximum atomic E-state index is 14.4. The van der Waals surface area contributed by atoms with Crippen LogP contribution in [0.3, 0.4) is 0 Å². The molecule has 2 aliphatic rings. The van der Waals surface area contributed by atoms with Crippen LogP contribution in [0.4, 0.5) is 10.1 Å². The van der Waals surface area contributed by atoms with Crippen molar-refractivity contribution in [1.29, 1.82) is 0 Å². The summed E-state index contributed by atoms with van der Waals surface area (Å²) < 4.78 is 42.1. The van der Waals surface area contributed by atoms with Crippen LogP contribution in [-0.4, -0.2) is 40.4 Å². The van der Waals surface area contributed by atoms with Crippen molar-refractivity contribution in [2.45, 2.75) is 23.8 Å². The Labute approximate surface area is 171 Å². The summed E-state index contributed by atoms with van der Waals surface area (Å²) in [6.07, 6.45) is 4.40. The maximum Gasteiger partial charge on any atom is 0.269 e. The van der Waals surface area contributed by atoms with Gasteiger partial charge in [-0.2, -0.15) is 5.10 Å². The zero-order valence-corrected chi connectivity index (χ0v) is 16.3. The van der Waals surface area contributed by atoms with E-state index in [9.17, 15) is 22.4 Å². The molecule has 0 saturated heterocycles. The number of halogens is 1. The zero-order valence-electron chi connectivity index (χ0n) is 15.4. The highest BCUT2D eigenvalue weighted by molar-refractivity contribution is 7.90. The predicted octanol–water partition coefficient (Wildman–Crippen LogP) is 2.57. The summed E-state index contributed by atoms with van der Waals surface area (Å²) >= 11 is 0. The van der Waals surface area contributed by atoms with Gasteiger partial charge in [-0.1, -0.05) is 0 Å². The summed E-state index contributed by atoms with van der Waals surface area (Å²) in [6, 6.07) is 9.40. The van der Waals surface area contributed by atoms with Crippen LogP contribution in [-0.2, 0) is 10.0 Å². The number of hydrogen-bond donors (Lipinski definition) is 1. The van der Waals surface area contributed by atoms with Gasteiger partial charge in [0.25, 0.3) is 21.8 Å². The topological polar surface area (TPSA) is 101 Å². The molecule has 2 heterocycles. The number of nitrogens with one attached hydrogen (secondary N) is 1. The van der Waals surface area contributed by atoms with Crippen molar-refractivity contribution in [3.63, 3.8) is 0 Å². The lowest BCUT2D eigenvalue weighted by atomic mass is 10.1. The molecular weight excluding hydrogens is 411 g/mol. The summed E-state index contributed by atoms with van der Waals surface area (Å²) in [6.45, 7) is 0. The molecule has 1 aliphatic heterocycles. The molecule has 3 aromatic rings. The van der Waals surface area contributed by atoms with Gasteiger partial charge in [0.2, 0.25) is 0 Å². The Morgan fingerprint density at radius 1 is 1.17 bits per heavy atom. The third kappa shape index (κ3) is 2.88. The average Bonchev–Trinajstić information content (AvgIpc) is 3.33. The van der Waals surface area contributed by atoms with Gasteiger partial charge in [-0.3, -0.25) is 9.59 Å². The molecule has 30 heavy (non-hydrogen) atoms. The Kier molecular flexibility index (Phi) is 4.00. The molecule has 1 aromatic heterocycles. The summed E-state index contributed by atoms with van der Waals surface area (Å²) in [7, 11) is -3.96. The fourth-order valence-electron chi connectivity index (χ4n) is 3.44. The van der Waals surface area contributed by atoms with E-state index in [1.165, 1.54) is 41.2 Å². The van der Waals surface area contributed by atoms with Crippen molar-refractivity contribution >= 4 is 27.5 Å². The fourth-order valence-corrected chi connectivity index (χ4v) is 5.28. The first-order valence-electron chi connectivity index (χ1n) is 9.20. The summed E-state index contributed by atoms with van der Waals surface area (Å²) in [5, 5.41) is 6.51. The number of carbonyl (C=O) groups is 2. The third-order valence-electron chi connectivity index (χ3n) is 5.05. The standard InChI is InChI=1S/C20H15FN4O4S/c21-16-11-13(3-7-17(16)24-9-1-8-22-24)23-19(26)12-2-6-15-18(10-12)30(28,29)25(20(15)27)14-4-5-14/h1-3,6-11,14H,4-5H2,(H,23,26). The summed E-state index contributed by atoms with van der Waals surface area (Å²) in [4.78, 5) is 24.9. The Morgan fingerprint density at radius 3 is 2.63 bits per heavy atom. The first kappa shape index (κ1) is 18.5. The van der Waals surface area contributed by atoms with Gasteiger partial charge in [-0.15, -0.1) is 0 Å². The number of carbonyl (C=O) groups excluding carboxylic acids is 2. The molecular formula is C20H15FN4O4S. The van der Waals surface area contributed by atoms with Crippen LogP contribution in [0, 0.1) is 5.82 Å². The van der Waals surface area contributed by atoms with E-state index in [0.29, 0.717) is 12.8 Å². The molecule has 1 aliphatic carbocycles. The van der Waals surface area contributed by atoms with Gasteiger partial charge in [0.1, 0.15) is 10.6 Å². The summed E-state index contributed by atoms with van der Waals surface area (Å²) in [5.41, 5.74) is 0.542. The first-order valence-corrected chi connectivity index (χ1v) is 10.6. The number of nitrogens with zero attached hydrogens (tertiary/aromatic N) is 3. The van der Waals surface area contributed by atoms with E-state index in [0.717, 1.165) is 10.4 Å². The number of anilines is 1. The Morgan fingerprint density at radius 2 is 1.97 bits per heavy atom. The number of benzene rings is 2. The van der Waals surface area contributed by atoms with Crippen LogP contribution in [0.5, 0.6) is 0 Å². The van der Waals surface area contributed by atoms with Crippen LogP contribution >= 0.6 is 0 Å². The fraction of sp³-hybridized carbons (Fsp3) is 0.150. The molecule has 5 rings (SSSR count). The molecule has 0 unspecified atom stereocenters. The molecule has 0 radical (unpaired) electrons. The highest BCUT2D eigenvalue weighted by atomic mass is 32.2. The van der Waals surface area contributed by atoms with Crippen LogP contribution in [0.1, 0.15) is 33.6 Å². The molecule has 2 aromatic carbocycles. The molecule has 152 valence electrons. The Bertz CT molecular complexity index is 1300. The molecule has 0 atom stereocenters. The minimum Gasteiger partial charge on any atom is -0.322 e. The zero-order chi connectivity index (χ0) is 21.0. The molecule has 8 nitrogen and oxygen atoms in total. The van der Waals surface area contributed by atoms with Gasteiger partial charge in [0.15, 0.2) is 5.82 Å². The number of fused-ring (bicyclic) bond motifs is 1. The van der Waals surface area contributed by atoms with Gasteiger partial charge < -0.3 is 5.32 Å². The molecule has 2 amide bonds. The van der Waals surface area contributed by atoms with E-state index < -0.39 is 27.7 Å². The smallest absolute Gasteiger partial charge is 0.269 e. The minimum atomic E-state index is -3.96. The predicted molar refractivity (Wildman–Crippen MR) is 104 cm³/mol. The Balaban J connectivity index is 1.41. The van der Waals surface area contributed by atoms with Gasteiger partial charge in [0, 0.05) is 29.7 Å². The lowest BCUT2D eigenvalue weighted by Crippen LogP contribution is -2.31. The molecule has 0 bridgehead atoms. The second kappa shape index (κ2) is 6.49. The lowest BCUT2D eigenvalue weighted by molar-refractivity contribution is 0.0864. The van der Waals surface area contributed by atoms with Crippen molar-refractivity contribution in [2.75, 3.05) is 5.32 Å². The van der Waals surface area contributed by atoms with Crippen molar-refractivity contribution in [3.05, 3.63) is 71.8 Å². The van der Waals surface area contributed by atoms with E-state index >= 15 is 0 Å². The van der Waals surface area contributed by atoms with Gasteiger partial charge in [0.05, 0.1) is 5.56 Å². The van der Waals surface area contributed by atoms with Crippen LogP contribution in [0.15, 0.2) is 59.8 Å². The quantitative estimate of drug-likeness (QED) is 0.691. The molecule has 0 spiro atoms. The third-order valence-corrected chi connectivity index (χ3v) is 6.92. The van der Waals surface area contributed by atoms with Crippen LogP contribution < -0.4 is 5.32 Å². The molecule has 1 fully saturated rings. The molecule has 10 heteroatoms. The SMILES string of the molecule is O=C(Nc1ccc(-n2cccn2)c(F)c1)c1ccc2c(c1)S(=O)(=O)N(C1CC1)C2=O.